The van der Waals surface area contributed by atoms with Crippen LogP contribution in [0, 0.1) is 0 Å². The summed E-state index contributed by atoms with van der Waals surface area (Å²) in [4.78, 5) is 28.1. The lowest BCUT2D eigenvalue weighted by Gasteiger charge is -2.35. The molecule has 0 unspecified atom stereocenters. The van der Waals surface area contributed by atoms with E-state index in [1.807, 2.05) is 41.0 Å². The van der Waals surface area contributed by atoms with Gasteiger partial charge in [0.1, 0.15) is 11.9 Å². The average Bonchev–Trinajstić information content (AvgIpc) is 3.12. The minimum absolute atomic E-state index is 0.138. The van der Waals surface area contributed by atoms with Crippen molar-refractivity contribution in [2.24, 2.45) is 0 Å². The fraction of sp³-hybridized carbons (Fsp3) is 0.529. The Morgan fingerprint density at radius 1 is 1.00 bits per heavy atom. The Morgan fingerprint density at radius 3 is 1.95 bits per heavy atom. The molecule has 1 aromatic carbocycles. The zero-order valence-electron chi connectivity index (χ0n) is 13.0. The van der Waals surface area contributed by atoms with Gasteiger partial charge in [-0.15, -0.1) is 0 Å². The smallest absolute Gasteiger partial charge is 0.224 e. The van der Waals surface area contributed by atoms with Crippen LogP contribution in [0.15, 0.2) is 24.3 Å². The Hall–Kier alpha value is -2.04. The number of ether oxygens (including phenoxy) is 1. The first-order valence-corrected chi connectivity index (χ1v) is 8.02. The van der Waals surface area contributed by atoms with Gasteiger partial charge in [0.15, 0.2) is 0 Å². The molecular weight excluding hydrogens is 280 g/mol. The summed E-state index contributed by atoms with van der Waals surface area (Å²) in [5, 5.41) is 0. The van der Waals surface area contributed by atoms with Crippen LogP contribution in [-0.4, -0.2) is 41.3 Å². The minimum atomic E-state index is -0.263. The largest absolute Gasteiger partial charge is 0.494 e. The monoisotopic (exact) mass is 302 g/mol. The van der Waals surface area contributed by atoms with Crippen LogP contribution in [0.3, 0.4) is 0 Å². The molecule has 2 amide bonds. The van der Waals surface area contributed by atoms with Crippen molar-refractivity contribution in [1.82, 2.24) is 9.80 Å². The standard InChI is InChI=1S/C17H22N2O3/c1-2-22-14-9-7-13(8-10-14)17(18-11-3-5-15(18)20)19-12-4-6-16(19)21/h7-10,17H,2-6,11-12H2,1H3. The van der Waals surface area contributed by atoms with Crippen molar-refractivity contribution in [2.75, 3.05) is 19.7 Å². The van der Waals surface area contributed by atoms with Crippen LogP contribution < -0.4 is 4.74 Å². The Kier molecular flexibility index (Phi) is 4.32. The molecule has 2 aliphatic heterocycles. The van der Waals surface area contributed by atoms with Crippen LogP contribution in [-0.2, 0) is 9.59 Å². The second-order valence-corrected chi connectivity index (χ2v) is 5.76. The summed E-state index contributed by atoms with van der Waals surface area (Å²) in [5.74, 6) is 1.09. The number of hydrogen-bond donors (Lipinski definition) is 0. The highest BCUT2D eigenvalue weighted by molar-refractivity contribution is 5.82. The Labute approximate surface area is 130 Å². The molecule has 0 spiro atoms. The van der Waals surface area contributed by atoms with Crippen LogP contribution in [0.2, 0.25) is 0 Å². The zero-order chi connectivity index (χ0) is 15.5. The predicted octanol–water partition coefficient (Wildman–Crippen LogP) is 2.33. The molecule has 5 heteroatoms. The maximum Gasteiger partial charge on any atom is 0.224 e. The molecule has 2 saturated heterocycles. The van der Waals surface area contributed by atoms with Gasteiger partial charge in [0.2, 0.25) is 11.8 Å². The molecule has 1 aromatic rings. The fourth-order valence-electron chi connectivity index (χ4n) is 3.29. The van der Waals surface area contributed by atoms with Gasteiger partial charge in [0.25, 0.3) is 0 Å². The predicted molar refractivity (Wildman–Crippen MR) is 82.2 cm³/mol. The molecule has 0 atom stereocenters. The molecule has 0 aromatic heterocycles. The summed E-state index contributed by atoms with van der Waals surface area (Å²) in [6, 6.07) is 7.75. The van der Waals surface area contributed by atoms with Crippen LogP contribution in [0.1, 0.15) is 44.3 Å². The van der Waals surface area contributed by atoms with E-state index < -0.39 is 0 Å². The third-order valence-corrected chi connectivity index (χ3v) is 4.30. The number of rotatable bonds is 5. The highest BCUT2D eigenvalue weighted by Crippen LogP contribution is 2.33. The summed E-state index contributed by atoms with van der Waals surface area (Å²) >= 11 is 0. The van der Waals surface area contributed by atoms with Gasteiger partial charge >= 0.3 is 0 Å². The maximum absolute atomic E-state index is 12.2. The van der Waals surface area contributed by atoms with Gasteiger partial charge in [-0.25, -0.2) is 0 Å². The number of nitrogens with zero attached hydrogens (tertiary/aromatic N) is 2. The van der Waals surface area contributed by atoms with Crippen LogP contribution in [0.5, 0.6) is 5.75 Å². The van der Waals surface area contributed by atoms with E-state index in [9.17, 15) is 9.59 Å². The lowest BCUT2D eigenvalue weighted by atomic mass is 10.1. The molecule has 2 aliphatic rings. The topological polar surface area (TPSA) is 49.9 Å². The van der Waals surface area contributed by atoms with E-state index in [1.54, 1.807) is 0 Å². The van der Waals surface area contributed by atoms with Gasteiger partial charge in [-0.3, -0.25) is 9.59 Å². The zero-order valence-corrected chi connectivity index (χ0v) is 13.0. The van der Waals surface area contributed by atoms with E-state index in [0.717, 1.165) is 37.2 Å². The van der Waals surface area contributed by atoms with E-state index in [4.69, 9.17) is 4.74 Å². The molecule has 5 nitrogen and oxygen atoms in total. The first-order valence-electron chi connectivity index (χ1n) is 8.02. The highest BCUT2D eigenvalue weighted by Gasteiger charge is 2.37. The summed E-state index contributed by atoms with van der Waals surface area (Å²) in [6.45, 7) is 4.02. The Morgan fingerprint density at radius 2 is 1.55 bits per heavy atom. The Bertz CT molecular complexity index is 530. The third-order valence-electron chi connectivity index (χ3n) is 4.30. The first-order chi connectivity index (χ1) is 10.7. The molecule has 0 aliphatic carbocycles. The molecule has 0 radical (unpaired) electrons. The van der Waals surface area contributed by atoms with Crippen molar-refractivity contribution in [3.63, 3.8) is 0 Å². The number of benzene rings is 1. The lowest BCUT2D eigenvalue weighted by Crippen LogP contribution is -2.42. The number of carbonyl (C=O) groups is 2. The van der Waals surface area contributed by atoms with Crippen LogP contribution in [0.4, 0.5) is 0 Å². The van der Waals surface area contributed by atoms with Gasteiger partial charge in [-0.05, 0) is 37.5 Å². The van der Waals surface area contributed by atoms with Gasteiger partial charge in [0.05, 0.1) is 6.61 Å². The van der Waals surface area contributed by atoms with E-state index in [0.29, 0.717) is 19.4 Å². The SMILES string of the molecule is CCOc1ccc(C(N2CCCC2=O)N2CCCC2=O)cc1. The van der Waals surface area contributed by atoms with Gasteiger partial charge in [-0.1, -0.05) is 12.1 Å². The van der Waals surface area contributed by atoms with Gasteiger partial charge in [0, 0.05) is 25.9 Å². The van der Waals surface area contributed by atoms with Gasteiger partial charge in [-0.2, -0.15) is 0 Å². The van der Waals surface area contributed by atoms with Crippen molar-refractivity contribution in [2.45, 2.75) is 38.8 Å². The number of likely N-dealkylation sites (tertiary alicyclic amines) is 2. The molecule has 3 rings (SSSR count). The van der Waals surface area contributed by atoms with E-state index in [1.165, 1.54) is 0 Å². The quantitative estimate of drug-likeness (QED) is 0.839. The highest BCUT2D eigenvalue weighted by atomic mass is 16.5. The van der Waals surface area contributed by atoms with Crippen molar-refractivity contribution in [3.05, 3.63) is 29.8 Å². The number of carbonyl (C=O) groups excluding carboxylic acids is 2. The summed E-state index contributed by atoms with van der Waals surface area (Å²) < 4.78 is 5.47. The van der Waals surface area contributed by atoms with E-state index >= 15 is 0 Å². The molecular formula is C17H22N2O3. The number of amides is 2. The fourth-order valence-corrected chi connectivity index (χ4v) is 3.29. The summed E-state index contributed by atoms with van der Waals surface area (Å²) in [5.41, 5.74) is 0.981. The average molecular weight is 302 g/mol. The number of hydrogen-bond acceptors (Lipinski definition) is 3. The molecule has 22 heavy (non-hydrogen) atoms. The summed E-state index contributed by atoms with van der Waals surface area (Å²) in [6.07, 6.45) is 2.63. The Balaban J connectivity index is 1.90. The van der Waals surface area contributed by atoms with Crippen LogP contribution >= 0.6 is 0 Å². The van der Waals surface area contributed by atoms with Crippen LogP contribution in [0.25, 0.3) is 0 Å². The van der Waals surface area contributed by atoms with Crippen molar-refractivity contribution >= 4 is 11.8 Å². The molecule has 0 N–H and O–H groups in total. The third kappa shape index (κ3) is 2.80. The molecule has 0 bridgehead atoms. The minimum Gasteiger partial charge on any atom is -0.494 e. The normalized spacial score (nSPS) is 18.6. The van der Waals surface area contributed by atoms with E-state index in [2.05, 4.69) is 0 Å². The molecule has 118 valence electrons. The first kappa shape index (κ1) is 14.9. The summed E-state index contributed by atoms with van der Waals surface area (Å²) in [7, 11) is 0. The maximum atomic E-state index is 12.2. The van der Waals surface area contributed by atoms with Crippen molar-refractivity contribution < 1.29 is 14.3 Å². The second-order valence-electron chi connectivity index (χ2n) is 5.76. The molecule has 2 fully saturated rings. The molecule has 0 saturated carbocycles. The second kappa shape index (κ2) is 6.38. The molecule has 2 heterocycles. The van der Waals surface area contributed by atoms with Crippen molar-refractivity contribution in [3.8, 4) is 5.75 Å². The van der Waals surface area contributed by atoms with Gasteiger partial charge < -0.3 is 14.5 Å². The lowest BCUT2D eigenvalue weighted by molar-refractivity contribution is -0.140. The van der Waals surface area contributed by atoms with E-state index in [-0.39, 0.29) is 18.0 Å². The van der Waals surface area contributed by atoms with Crippen molar-refractivity contribution in [1.29, 1.82) is 0 Å².